The molecule has 106 valence electrons. The second-order valence-electron chi connectivity index (χ2n) is 5.07. The summed E-state index contributed by atoms with van der Waals surface area (Å²) in [4.78, 5) is 26.9. The number of hydrogen-bond acceptors (Lipinski definition) is 5. The van der Waals surface area contributed by atoms with Crippen molar-refractivity contribution in [1.29, 1.82) is 0 Å². The number of methoxy groups -OCH3 is 1. The number of aliphatic carboxylic acids is 1. The molecule has 0 spiro atoms. The monoisotopic (exact) mass is 269 g/mol. The van der Waals surface area contributed by atoms with Gasteiger partial charge in [0.05, 0.1) is 6.54 Å². The standard InChI is InChI=1S/C12H19N3O4/c1-12(2,3)15-6-5-13-9(10(15)16)14-7-8(19-4)11(17)18/h5-6,8H,7H2,1-4H3,(H,13,14)(H,17,18). The van der Waals surface area contributed by atoms with Gasteiger partial charge in [0, 0.05) is 25.0 Å². The maximum Gasteiger partial charge on any atom is 0.334 e. The first-order chi connectivity index (χ1) is 8.77. The van der Waals surface area contributed by atoms with E-state index in [0.29, 0.717) is 0 Å². The third-order valence-corrected chi connectivity index (χ3v) is 2.58. The summed E-state index contributed by atoms with van der Waals surface area (Å²) in [6.45, 7) is 5.66. The van der Waals surface area contributed by atoms with Crippen LogP contribution in [0.1, 0.15) is 20.8 Å². The predicted octanol–water partition coefficient (Wildman–Crippen LogP) is 0.510. The van der Waals surface area contributed by atoms with E-state index in [1.807, 2.05) is 20.8 Å². The van der Waals surface area contributed by atoms with Crippen LogP contribution in [0.5, 0.6) is 0 Å². The third kappa shape index (κ3) is 3.78. The van der Waals surface area contributed by atoms with Crippen molar-refractivity contribution in [3.63, 3.8) is 0 Å². The van der Waals surface area contributed by atoms with E-state index in [2.05, 4.69) is 10.3 Å². The molecule has 0 amide bonds. The number of nitrogens with zero attached hydrogens (tertiary/aromatic N) is 2. The molecule has 1 heterocycles. The van der Waals surface area contributed by atoms with E-state index in [0.717, 1.165) is 0 Å². The van der Waals surface area contributed by atoms with Crippen LogP contribution in [0.2, 0.25) is 0 Å². The summed E-state index contributed by atoms with van der Waals surface area (Å²) in [6.07, 6.45) is 2.07. The highest BCUT2D eigenvalue weighted by atomic mass is 16.5. The van der Waals surface area contributed by atoms with Gasteiger partial charge in [-0.05, 0) is 20.8 Å². The molecular formula is C12H19N3O4. The number of nitrogens with one attached hydrogen (secondary N) is 1. The van der Waals surface area contributed by atoms with Gasteiger partial charge >= 0.3 is 5.97 Å². The maximum atomic E-state index is 12.1. The smallest absolute Gasteiger partial charge is 0.334 e. The van der Waals surface area contributed by atoms with Crippen LogP contribution in [0, 0.1) is 0 Å². The molecule has 7 heteroatoms. The van der Waals surface area contributed by atoms with Gasteiger partial charge in [0.15, 0.2) is 11.9 Å². The Hall–Kier alpha value is -1.89. The number of aromatic nitrogens is 2. The van der Waals surface area contributed by atoms with E-state index in [-0.39, 0.29) is 23.5 Å². The van der Waals surface area contributed by atoms with Crippen LogP contribution < -0.4 is 10.9 Å². The Morgan fingerprint density at radius 2 is 2.21 bits per heavy atom. The Kier molecular flexibility index (Phi) is 4.66. The van der Waals surface area contributed by atoms with E-state index >= 15 is 0 Å². The number of ether oxygens (including phenoxy) is 1. The van der Waals surface area contributed by atoms with E-state index in [1.165, 1.54) is 17.9 Å². The third-order valence-electron chi connectivity index (χ3n) is 2.58. The van der Waals surface area contributed by atoms with Crippen LogP contribution >= 0.6 is 0 Å². The van der Waals surface area contributed by atoms with Crippen molar-refractivity contribution in [1.82, 2.24) is 9.55 Å². The summed E-state index contributed by atoms with van der Waals surface area (Å²) < 4.78 is 6.30. The molecule has 1 unspecified atom stereocenters. The van der Waals surface area contributed by atoms with Crippen LogP contribution in [0.15, 0.2) is 17.2 Å². The highest BCUT2D eigenvalue weighted by Crippen LogP contribution is 2.10. The van der Waals surface area contributed by atoms with Crippen LogP contribution in [0.4, 0.5) is 5.82 Å². The van der Waals surface area contributed by atoms with Gasteiger partial charge in [-0.3, -0.25) is 4.79 Å². The van der Waals surface area contributed by atoms with Gasteiger partial charge in [-0.15, -0.1) is 0 Å². The fraction of sp³-hybridized carbons (Fsp3) is 0.583. The molecule has 1 aromatic heterocycles. The molecule has 0 aliphatic rings. The molecule has 0 fully saturated rings. The van der Waals surface area contributed by atoms with Crippen molar-refractivity contribution in [2.45, 2.75) is 32.4 Å². The molecule has 0 radical (unpaired) electrons. The Bertz CT molecular complexity index is 504. The first-order valence-corrected chi connectivity index (χ1v) is 5.85. The molecule has 0 aliphatic heterocycles. The average molecular weight is 269 g/mol. The van der Waals surface area contributed by atoms with Crippen molar-refractivity contribution in [3.05, 3.63) is 22.7 Å². The summed E-state index contributed by atoms with van der Waals surface area (Å²) in [5.41, 5.74) is -0.667. The van der Waals surface area contributed by atoms with Crippen LogP contribution in [-0.2, 0) is 15.1 Å². The first-order valence-electron chi connectivity index (χ1n) is 5.85. The highest BCUT2D eigenvalue weighted by Gasteiger charge is 2.19. The Morgan fingerprint density at radius 3 is 2.68 bits per heavy atom. The fourth-order valence-electron chi connectivity index (χ4n) is 1.52. The lowest BCUT2D eigenvalue weighted by atomic mass is 10.1. The summed E-state index contributed by atoms with van der Waals surface area (Å²) in [5, 5.41) is 11.5. The molecule has 0 bridgehead atoms. The predicted molar refractivity (Wildman–Crippen MR) is 70.4 cm³/mol. The van der Waals surface area contributed by atoms with Crippen molar-refractivity contribution in [2.75, 3.05) is 19.0 Å². The Balaban J connectivity index is 2.92. The number of carboxylic acids is 1. The van der Waals surface area contributed by atoms with E-state index in [4.69, 9.17) is 9.84 Å². The first kappa shape index (κ1) is 15.2. The second-order valence-corrected chi connectivity index (χ2v) is 5.07. The number of carbonyl (C=O) groups is 1. The molecule has 0 saturated heterocycles. The molecule has 1 aromatic rings. The number of rotatable bonds is 5. The molecule has 0 saturated carbocycles. The Labute approximate surface area is 111 Å². The zero-order valence-corrected chi connectivity index (χ0v) is 11.5. The van der Waals surface area contributed by atoms with Gasteiger partial charge in [-0.1, -0.05) is 0 Å². The number of hydrogen-bond donors (Lipinski definition) is 2. The zero-order valence-electron chi connectivity index (χ0n) is 11.5. The summed E-state index contributed by atoms with van der Waals surface area (Å²) >= 11 is 0. The SMILES string of the molecule is COC(CNc1nccn(C(C)(C)C)c1=O)C(=O)O. The van der Waals surface area contributed by atoms with E-state index < -0.39 is 12.1 Å². The molecule has 19 heavy (non-hydrogen) atoms. The molecule has 1 rings (SSSR count). The maximum absolute atomic E-state index is 12.1. The highest BCUT2D eigenvalue weighted by molar-refractivity contribution is 5.73. The van der Waals surface area contributed by atoms with E-state index in [9.17, 15) is 9.59 Å². The normalized spacial score (nSPS) is 13.1. The minimum absolute atomic E-state index is 0.0256. The lowest BCUT2D eigenvalue weighted by Gasteiger charge is -2.22. The number of carboxylic acid groups (broad SMARTS) is 1. The minimum atomic E-state index is -1.10. The lowest BCUT2D eigenvalue weighted by molar-refractivity contribution is -0.147. The molecule has 0 aliphatic carbocycles. The van der Waals surface area contributed by atoms with Gasteiger partial charge in [-0.25, -0.2) is 9.78 Å². The summed E-state index contributed by atoms with van der Waals surface area (Å²) in [6, 6.07) is 0. The average Bonchev–Trinajstić information content (AvgIpc) is 2.29. The van der Waals surface area contributed by atoms with Gasteiger partial charge in [0.1, 0.15) is 0 Å². The second kappa shape index (κ2) is 5.83. The molecular weight excluding hydrogens is 250 g/mol. The largest absolute Gasteiger partial charge is 0.479 e. The van der Waals surface area contributed by atoms with Crippen LogP contribution in [0.25, 0.3) is 0 Å². The lowest BCUT2D eigenvalue weighted by Crippen LogP contribution is -2.37. The van der Waals surface area contributed by atoms with Crippen molar-refractivity contribution in [3.8, 4) is 0 Å². The zero-order chi connectivity index (χ0) is 14.6. The van der Waals surface area contributed by atoms with Gasteiger partial charge in [0.2, 0.25) is 0 Å². The summed E-state index contributed by atoms with van der Waals surface area (Å²) in [5.74, 6) is -0.984. The van der Waals surface area contributed by atoms with E-state index in [1.54, 1.807) is 6.20 Å². The molecule has 7 nitrogen and oxygen atoms in total. The summed E-state index contributed by atoms with van der Waals surface area (Å²) in [7, 11) is 1.30. The Morgan fingerprint density at radius 1 is 1.58 bits per heavy atom. The topological polar surface area (TPSA) is 93.5 Å². The van der Waals surface area contributed by atoms with Crippen molar-refractivity contribution in [2.24, 2.45) is 0 Å². The molecule has 0 aromatic carbocycles. The van der Waals surface area contributed by atoms with Crippen molar-refractivity contribution < 1.29 is 14.6 Å². The van der Waals surface area contributed by atoms with Crippen LogP contribution in [-0.4, -0.2) is 40.4 Å². The van der Waals surface area contributed by atoms with Gasteiger partial charge < -0.3 is 19.7 Å². The quantitative estimate of drug-likeness (QED) is 0.809. The fourth-order valence-corrected chi connectivity index (χ4v) is 1.52. The minimum Gasteiger partial charge on any atom is -0.479 e. The van der Waals surface area contributed by atoms with Gasteiger partial charge in [0.25, 0.3) is 5.56 Å². The van der Waals surface area contributed by atoms with Gasteiger partial charge in [-0.2, -0.15) is 0 Å². The number of anilines is 1. The molecule has 2 N–H and O–H groups in total. The van der Waals surface area contributed by atoms with Crippen molar-refractivity contribution >= 4 is 11.8 Å². The van der Waals surface area contributed by atoms with Crippen LogP contribution in [0.3, 0.4) is 0 Å². The molecule has 1 atom stereocenters.